The lowest BCUT2D eigenvalue weighted by Gasteiger charge is -2.20. The normalized spacial score (nSPS) is 11.0. The average molecular weight is 477 g/mol. The Morgan fingerprint density at radius 3 is 2.53 bits per heavy atom. The van der Waals surface area contributed by atoms with Crippen LogP contribution in [0.25, 0.3) is 16.3 Å². The number of benzene rings is 2. The maximum Gasteiger partial charge on any atom is 0.269 e. The first kappa shape index (κ1) is 25.3. The minimum absolute atomic E-state index is 0. The highest BCUT2D eigenvalue weighted by Crippen LogP contribution is 2.34. The Morgan fingerprint density at radius 1 is 1.19 bits per heavy atom. The summed E-state index contributed by atoms with van der Waals surface area (Å²) >= 11 is 1.44. The zero-order valence-corrected chi connectivity index (χ0v) is 19.7. The number of aromatic nitrogens is 1. The maximum atomic E-state index is 13.0. The van der Waals surface area contributed by atoms with Crippen LogP contribution in [0.15, 0.2) is 48.5 Å². The summed E-state index contributed by atoms with van der Waals surface area (Å²) in [6, 6.07) is 11.8. The SMILES string of the molecule is CCOc1cccc2sc(N(CCN(C)C)C(=O)C=Cc3ccc([N+](=O)[O-])cc3)nc12.Cl. The third kappa shape index (κ3) is 6.25. The molecule has 3 aromatic rings. The lowest BCUT2D eigenvalue weighted by atomic mass is 10.2. The first-order valence-electron chi connectivity index (χ1n) is 9.80. The fourth-order valence-corrected chi connectivity index (χ4v) is 3.88. The Bertz CT molecular complexity index is 1100. The van der Waals surface area contributed by atoms with Crippen molar-refractivity contribution >= 4 is 56.8 Å². The van der Waals surface area contributed by atoms with Crippen molar-refractivity contribution in [1.29, 1.82) is 0 Å². The minimum Gasteiger partial charge on any atom is -0.492 e. The number of carbonyl (C=O) groups excluding carboxylic acids is 1. The number of fused-ring (bicyclic) bond motifs is 1. The van der Waals surface area contributed by atoms with Gasteiger partial charge in [-0.25, -0.2) is 4.98 Å². The topological polar surface area (TPSA) is 88.8 Å². The van der Waals surface area contributed by atoms with E-state index in [1.807, 2.05) is 44.1 Å². The molecule has 10 heteroatoms. The van der Waals surface area contributed by atoms with E-state index in [0.717, 1.165) is 10.2 Å². The van der Waals surface area contributed by atoms with Crippen molar-refractivity contribution < 1.29 is 14.5 Å². The summed E-state index contributed by atoms with van der Waals surface area (Å²) in [7, 11) is 3.89. The summed E-state index contributed by atoms with van der Waals surface area (Å²) in [5.74, 6) is 0.487. The Morgan fingerprint density at radius 2 is 1.91 bits per heavy atom. The van der Waals surface area contributed by atoms with Gasteiger partial charge in [-0.15, -0.1) is 12.4 Å². The third-order valence-electron chi connectivity index (χ3n) is 4.46. The van der Waals surface area contributed by atoms with Crippen molar-refractivity contribution in [3.05, 3.63) is 64.2 Å². The number of carbonyl (C=O) groups is 1. The second kappa shape index (κ2) is 11.6. The van der Waals surface area contributed by atoms with Crippen LogP contribution >= 0.6 is 23.7 Å². The molecule has 0 aliphatic carbocycles. The van der Waals surface area contributed by atoms with Gasteiger partial charge in [0.15, 0.2) is 5.13 Å². The number of nitrogens with zero attached hydrogens (tertiary/aromatic N) is 4. The smallest absolute Gasteiger partial charge is 0.269 e. The number of thiazole rings is 1. The van der Waals surface area contributed by atoms with E-state index in [0.29, 0.717) is 36.1 Å². The maximum absolute atomic E-state index is 13.0. The summed E-state index contributed by atoms with van der Waals surface area (Å²) in [4.78, 5) is 31.7. The van der Waals surface area contributed by atoms with E-state index in [-0.39, 0.29) is 24.0 Å². The number of non-ortho nitro benzene ring substituents is 1. The largest absolute Gasteiger partial charge is 0.492 e. The molecule has 0 spiro atoms. The van der Waals surface area contributed by atoms with Gasteiger partial charge in [-0.1, -0.05) is 17.4 Å². The first-order chi connectivity index (χ1) is 14.9. The Balaban J connectivity index is 0.00000363. The Kier molecular flexibility index (Phi) is 9.13. The molecule has 1 amide bonds. The number of anilines is 1. The zero-order chi connectivity index (χ0) is 22.4. The first-order valence-corrected chi connectivity index (χ1v) is 10.6. The van der Waals surface area contributed by atoms with E-state index < -0.39 is 4.92 Å². The molecule has 0 fully saturated rings. The van der Waals surface area contributed by atoms with Crippen molar-refractivity contribution in [2.45, 2.75) is 6.92 Å². The summed E-state index contributed by atoms with van der Waals surface area (Å²) < 4.78 is 6.62. The molecular formula is C22H25ClN4O4S. The van der Waals surface area contributed by atoms with Crippen LogP contribution in [0, 0.1) is 10.1 Å². The second-order valence-corrected chi connectivity index (χ2v) is 8.02. The average Bonchev–Trinajstić information content (AvgIpc) is 3.17. The molecule has 0 radical (unpaired) electrons. The number of amides is 1. The zero-order valence-electron chi connectivity index (χ0n) is 18.1. The molecule has 2 aromatic carbocycles. The molecular weight excluding hydrogens is 452 g/mol. The highest BCUT2D eigenvalue weighted by molar-refractivity contribution is 7.22. The van der Waals surface area contributed by atoms with E-state index in [9.17, 15) is 14.9 Å². The van der Waals surface area contributed by atoms with Gasteiger partial charge in [-0.3, -0.25) is 19.8 Å². The van der Waals surface area contributed by atoms with Gasteiger partial charge in [0.1, 0.15) is 11.3 Å². The van der Waals surface area contributed by atoms with Gasteiger partial charge < -0.3 is 9.64 Å². The fourth-order valence-electron chi connectivity index (χ4n) is 2.86. The van der Waals surface area contributed by atoms with Gasteiger partial charge >= 0.3 is 0 Å². The number of nitro groups is 1. The van der Waals surface area contributed by atoms with E-state index in [2.05, 4.69) is 4.98 Å². The Hall–Kier alpha value is -3.01. The summed E-state index contributed by atoms with van der Waals surface area (Å²) in [5.41, 5.74) is 1.46. The van der Waals surface area contributed by atoms with Gasteiger partial charge in [-0.2, -0.15) is 0 Å². The number of nitro benzene ring substituents is 1. The van der Waals surface area contributed by atoms with Crippen LogP contribution in [0.1, 0.15) is 12.5 Å². The number of para-hydroxylation sites is 1. The molecule has 0 bridgehead atoms. The number of ether oxygens (including phenoxy) is 1. The molecule has 1 heterocycles. The fraction of sp³-hybridized carbons (Fsp3) is 0.273. The predicted octanol–water partition coefficient (Wildman–Crippen LogP) is 4.63. The van der Waals surface area contributed by atoms with Crippen molar-refractivity contribution in [3.8, 4) is 5.75 Å². The van der Waals surface area contributed by atoms with Gasteiger partial charge in [0.2, 0.25) is 0 Å². The molecule has 0 aliphatic rings. The summed E-state index contributed by atoms with van der Waals surface area (Å²) in [6.07, 6.45) is 3.11. The molecule has 0 atom stereocenters. The highest BCUT2D eigenvalue weighted by atomic mass is 35.5. The number of rotatable bonds is 9. The minimum atomic E-state index is -0.453. The molecule has 0 saturated heterocycles. The van der Waals surface area contributed by atoms with Crippen LogP contribution in [0.4, 0.5) is 10.8 Å². The quantitative estimate of drug-likeness (QED) is 0.254. The van der Waals surface area contributed by atoms with Gasteiger partial charge in [0.05, 0.1) is 16.2 Å². The van der Waals surface area contributed by atoms with Crippen molar-refractivity contribution in [1.82, 2.24) is 9.88 Å². The molecule has 0 saturated carbocycles. The molecule has 0 aliphatic heterocycles. The van der Waals surface area contributed by atoms with Crippen LogP contribution in [-0.4, -0.2) is 54.5 Å². The van der Waals surface area contributed by atoms with Crippen LogP contribution in [0.5, 0.6) is 5.75 Å². The lowest BCUT2D eigenvalue weighted by Crippen LogP contribution is -2.35. The lowest BCUT2D eigenvalue weighted by molar-refractivity contribution is -0.384. The monoisotopic (exact) mass is 476 g/mol. The van der Waals surface area contributed by atoms with Crippen molar-refractivity contribution in [2.75, 3.05) is 38.7 Å². The standard InChI is InChI=1S/C22H24N4O4S.ClH/c1-4-30-18-6-5-7-19-21(18)23-22(31-19)25(15-14-24(2)3)20(27)13-10-16-8-11-17(12-9-16)26(28)29;/h5-13H,4,14-15H2,1-3H3;1H. The summed E-state index contributed by atoms with van der Waals surface area (Å²) in [6.45, 7) is 3.60. The van der Waals surface area contributed by atoms with E-state index in [1.54, 1.807) is 23.1 Å². The molecule has 8 nitrogen and oxygen atoms in total. The number of hydrogen-bond donors (Lipinski definition) is 0. The number of hydrogen-bond acceptors (Lipinski definition) is 7. The van der Waals surface area contributed by atoms with Crippen LogP contribution in [0.2, 0.25) is 0 Å². The van der Waals surface area contributed by atoms with Gasteiger partial charge in [0, 0.05) is 31.3 Å². The number of halogens is 1. The third-order valence-corrected chi connectivity index (χ3v) is 5.50. The van der Waals surface area contributed by atoms with Crippen LogP contribution in [0.3, 0.4) is 0 Å². The second-order valence-electron chi connectivity index (χ2n) is 7.01. The van der Waals surface area contributed by atoms with Gasteiger partial charge in [-0.05, 0) is 56.9 Å². The van der Waals surface area contributed by atoms with Crippen molar-refractivity contribution in [2.24, 2.45) is 0 Å². The van der Waals surface area contributed by atoms with Crippen molar-refractivity contribution in [3.63, 3.8) is 0 Å². The molecule has 170 valence electrons. The number of likely N-dealkylation sites (N-methyl/N-ethyl adjacent to an activating group) is 1. The molecule has 1 aromatic heterocycles. The summed E-state index contributed by atoms with van der Waals surface area (Å²) in [5, 5.41) is 11.4. The molecule has 3 rings (SSSR count). The Labute approximate surface area is 196 Å². The van der Waals surface area contributed by atoms with Gasteiger partial charge in [0.25, 0.3) is 11.6 Å². The van der Waals surface area contributed by atoms with E-state index in [4.69, 9.17) is 4.74 Å². The molecule has 0 N–H and O–H groups in total. The highest BCUT2D eigenvalue weighted by Gasteiger charge is 2.19. The van der Waals surface area contributed by atoms with Crippen LogP contribution < -0.4 is 9.64 Å². The van der Waals surface area contributed by atoms with E-state index in [1.165, 1.54) is 29.5 Å². The predicted molar refractivity (Wildman–Crippen MR) is 131 cm³/mol. The molecule has 32 heavy (non-hydrogen) atoms. The molecule has 0 unspecified atom stereocenters. The van der Waals surface area contributed by atoms with E-state index >= 15 is 0 Å². The van der Waals surface area contributed by atoms with Crippen LogP contribution in [-0.2, 0) is 4.79 Å².